The van der Waals surface area contributed by atoms with Gasteiger partial charge in [0.25, 0.3) is 0 Å². The molecule has 0 amide bonds. The number of rotatable bonds is 3. The number of hydrogen-bond donors (Lipinski definition) is 2. The van der Waals surface area contributed by atoms with E-state index in [0.717, 1.165) is 5.56 Å². The van der Waals surface area contributed by atoms with Crippen molar-refractivity contribution in [2.75, 3.05) is 11.1 Å². The van der Waals surface area contributed by atoms with Crippen LogP contribution in [0, 0.1) is 5.82 Å². The van der Waals surface area contributed by atoms with Crippen molar-refractivity contribution in [2.24, 2.45) is 0 Å². The maximum atomic E-state index is 12.6. The molecule has 0 spiro atoms. The molecular weight excluding hydrogens is 215 g/mol. The molecule has 0 aliphatic rings. The highest BCUT2D eigenvalue weighted by molar-refractivity contribution is 7.09. The van der Waals surface area contributed by atoms with Gasteiger partial charge in [-0.05, 0) is 17.7 Å². The molecule has 0 saturated carbocycles. The zero-order valence-corrected chi connectivity index (χ0v) is 8.59. The minimum atomic E-state index is -0.237. The lowest BCUT2D eigenvalue weighted by molar-refractivity contribution is 0.627. The molecule has 4 nitrogen and oxygen atoms in total. The summed E-state index contributed by atoms with van der Waals surface area (Å²) in [5, 5.41) is 3.71. The van der Waals surface area contributed by atoms with Gasteiger partial charge in [-0.3, -0.25) is 0 Å². The third-order valence-electron chi connectivity index (χ3n) is 1.80. The molecule has 0 atom stereocenters. The zero-order valence-electron chi connectivity index (χ0n) is 7.77. The van der Waals surface area contributed by atoms with Gasteiger partial charge < -0.3 is 11.1 Å². The van der Waals surface area contributed by atoms with Crippen LogP contribution in [0.5, 0.6) is 0 Å². The predicted molar refractivity (Wildman–Crippen MR) is 58.0 cm³/mol. The molecule has 2 rings (SSSR count). The third-order valence-corrected chi connectivity index (χ3v) is 2.49. The van der Waals surface area contributed by atoms with E-state index in [-0.39, 0.29) is 11.8 Å². The van der Waals surface area contributed by atoms with Gasteiger partial charge >= 0.3 is 0 Å². The summed E-state index contributed by atoms with van der Waals surface area (Å²) in [5.41, 5.74) is 6.34. The van der Waals surface area contributed by atoms with E-state index >= 15 is 0 Å². The first-order chi connectivity index (χ1) is 7.24. The van der Waals surface area contributed by atoms with E-state index in [4.69, 9.17) is 5.73 Å². The van der Waals surface area contributed by atoms with E-state index < -0.39 is 0 Å². The van der Waals surface area contributed by atoms with Crippen LogP contribution < -0.4 is 11.1 Å². The van der Waals surface area contributed by atoms with Crippen molar-refractivity contribution in [1.29, 1.82) is 0 Å². The average molecular weight is 224 g/mol. The zero-order chi connectivity index (χ0) is 10.7. The SMILES string of the molecule is Nc1nsc(NCc2ccc(F)cc2)n1. The van der Waals surface area contributed by atoms with Crippen LogP contribution >= 0.6 is 11.5 Å². The van der Waals surface area contributed by atoms with Crippen molar-refractivity contribution in [3.63, 3.8) is 0 Å². The van der Waals surface area contributed by atoms with E-state index in [9.17, 15) is 4.39 Å². The molecule has 1 aromatic carbocycles. The quantitative estimate of drug-likeness (QED) is 0.835. The molecule has 2 aromatic rings. The summed E-state index contributed by atoms with van der Waals surface area (Å²) in [7, 11) is 0. The van der Waals surface area contributed by atoms with E-state index in [1.807, 2.05) is 0 Å². The van der Waals surface area contributed by atoms with Gasteiger partial charge in [-0.1, -0.05) is 12.1 Å². The first-order valence-corrected chi connectivity index (χ1v) is 5.09. The maximum absolute atomic E-state index is 12.6. The first-order valence-electron chi connectivity index (χ1n) is 4.31. The summed E-state index contributed by atoms with van der Waals surface area (Å²) in [6.07, 6.45) is 0. The van der Waals surface area contributed by atoms with Crippen LogP contribution in [0.2, 0.25) is 0 Å². The molecule has 78 valence electrons. The Labute approximate surface area is 90.1 Å². The highest BCUT2D eigenvalue weighted by Crippen LogP contribution is 2.13. The Hall–Kier alpha value is -1.69. The predicted octanol–water partition coefficient (Wildman–Crippen LogP) is 1.87. The number of benzene rings is 1. The Morgan fingerprint density at radius 1 is 1.33 bits per heavy atom. The summed E-state index contributed by atoms with van der Waals surface area (Å²) < 4.78 is 16.4. The van der Waals surface area contributed by atoms with Gasteiger partial charge in [-0.15, -0.1) is 0 Å². The van der Waals surface area contributed by atoms with Crippen molar-refractivity contribution in [1.82, 2.24) is 9.36 Å². The first kappa shape index (κ1) is 9.85. The van der Waals surface area contributed by atoms with Gasteiger partial charge in [0.15, 0.2) is 0 Å². The van der Waals surface area contributed by atoms with Crippen LogP contribution in [0.1, 0.15) is 5.56 Å². The van der Waals surface area contributed by atoms with Crippen LogP contribution in [0.3, 0.4) is 0 Å². The number of nitrogens with one attached hydrogen (secondary N) is 1. The largest absolute Gasteiger partial charge is 0.367 e. The molecule has 1 aromatic heterocycles. The Bertz CT molecular complexity index is 440. The van der Waals surface area contributed by atoms with Crippen LogP contribution in [0.25, 0.3) is 0 Å². The molecule has 0 aliphatic carbocycles. The minimum Gasteiger partial charge on any atom is -0.367 e. The van der Waals surface area contributed by atoms with Crippen LogP contribution in [-0.2, 0) is 6.54 Å². The molecule has 15 heavy (non-hydrogen) atoms. The molecule has 0 saturated heterocycles. The Balaban J connectivity index is 1.96. The number of nitrogens with zero attached hydrogens (tertiary/aromatic N) is 2. The Morgan fingerprint density at radius 2 is 2.07 bits per heavy atom. The monoisotopic (exact) mass is 224 g/mol. The van der Waals surface area contributed by atoms with Crippen LogP contribution in [0.4, 0.5) is 15.5 Å². The van der Waals surface area contributed by atoms with Crippen molar-refractivity contribution < 1.29 is 4.39 Å². The fraction of sp³-hybridized carbons (Fsp3) is 0.111. The van der Waals surface area contributed by atoms with Gasteiger partial charge in [0.1, 0.15) is 5.82 Å². The lowest BCUT2D eigenvalue weighted by Crippen LogP contribution is -1.99. The van der Waals surface area contributed by atoms with E-state index in [1.54, 1.807) is 12.1 Å². The second-order valence-electron chi connectivity index (χ2n) is 2.94. The van der Waals surface area contributed by atoms with Gasteiger partial charge in [0.2, 0.25) is 11.1 Å². The molecule has 1 heterocycles. The number of halogens is 1. The molecule has 0 radical (unpaired) electrons. The summed E-state index contributed by atoms with van der Waals surface area (Å²) in [6, 6.07) is 6.27. The normalized spacial score (nSPS) is 10.2. The average Bonchev–Trinajstić information content (AvgIpc) is 2.64. The van der Waals surface area contributed by atoms with Crippen LogP contribution in [-0.4, -0.2) is 9.36 Å². The Kier molecular flexibility index (Phi) is 2.77. The standard InChI is InChI=1S/C9H9FN4S/c10-7-3-1-6(2-4-7)5-12-9-13-8(11)14-15-9/h1-4H,5H2,(H3,11,12,13,14). The Morgan fingerprint density at radius 3 is 2.67 bits per heavy atom. The second kappa shape index (κ2) is 4.22. The molecule has 6 heteroatoms. The molecule has 0 unspecified atom stereocenters. The van der Waals surface area contributed by atoms with E-state index in [2.05, 4.69) is 14.7 Å². The molecule has 0 fully saturated rings. The summed E-state index contributed by atoms with van der Waals surface area (Å²) in [4.78, 5) is 3.94. The van der Waals surface area contributed by atoms with Gasteiger partial charge in [0, 0.05) is 18.1 Å². The smallest absolute Gasteiger partial charge is 0.233 e. The number of nitrogens with two attached hydrogens (primary N) is 1. The molecular formula is C9H9FN4S. The third kappa shape index (κ3) is 2.63. The highest BCUT2D eigenvalue weighted by Gasteiger charge is 1.99. The van der Waals surface area contributed by atoms with Crippen molar-refractivity contribution >= 4 is 22.6 Å². The highest BCUT2D eigenvalue weighted by atomic mass is 32.1. The number of nitrogen functional groups attached to an aromatic ring is 1. The minimum absolute atomic E-state index is 0.237. The topological polar surface area (TPSA) is 63.8 Å². The number of aromatic nitrogens is 2. The number of hydrogen-bond acceptors (Lipinski definition) is 5. The van der Waals surface area contributed by atoms with Crippen molar-refractivity contribution in [3.8, 4) is 0 Å². The van der Waals surface area contributed by atoms with Crippen LogP contribution in [0.15, 0.2) is 24.3 Å². The van der Waals surface area contributed by atoms with Gasteiger partial charge in [0.05, 0.1) is 0 Å². The summed E-state index contributed by atoms with van der Waals surface area (Å²) >= 11 is 1.20. The fourth-order valence-electron chi connectivity index (χ4n) is 1.09. The number of anilines is 2. The lowest BCUT2D eigenvalue weighted by atomic mass is 10.2. The molecule has 0 bridgehead atoms. The summed E-state index contributed by atoms with van der Waals surface area (Å²) in [5.74, 6) is 0.0283. The van der Waals surface area contributed by atoms with Gasteiger partial charge in [-0.2, -0.15) is 9.36 Å². The molecule has 3 N–H and O–H groups in total. The second-order valence-corrected chi connectivity index (χ2v) is 3.69. The van der Waals surface area contributed by atoms with Crippen molar-refractivity contribution in [2.45, 2.75) is 6.54 Å². The van der Waals surface area contributed by atoms with Crippen molar-refractivity contribution in [3.05, 3.63) is 35.6 Å². The fourth-order valence-corrected chi connectivity index (χ4v) is 1.58. The maximum Gasteiger partial charge on any atom is 0.233 e. The van der Waals surface area contributed by atoms with E-state index in [0.29, 0.717) is 11.7 Å². The summed E-state index contributed by atoms with van der Waals surface area (Å²) in [6.45, 7) is 0.578. The van der Waals surface area contributed by atoms with E-state index in [1.165, 1.54) is 23.7 Å². The van der Waals surface area contributed by atoms with Gasteiger partial charge in [-0.25, -0.2) is 4.39 Å². The lowest BCUT2D eigenvalue weighted by Gasteiger charge is -2.01. The molecule has 0 aliphatic heterocycles.